The van der Waals surface area contributed by atoms with Crippen molar-refractivity contribution < 1.29 is 13.2 Å². The monoisotopic (exact) mass is 339 g/mol. The van der Waals surface area contributed by atoms with Gasteiger partial charge in [-0.25, -0.2) is 0 Å². The van der Waals surface area contributed by atoms with E-state index in [1.54, 1.807) is 8.61 Å². The lowest BCUT2D eigenvalue weighted by molar-refractivity contribution is 0.0698. The number of rotatable bonds is 5. The van der Waals surface area contributed by atoms with E-state index in [0.29, 0.717) is 32.8 Å². The summed E-state index contributed by atoms with van der Waals surface area (Å²) in [4.78, 5) is 4.21. The first-order chi connectivity index (χ1) is 11.1. The van der Waals surface area contributed by atoms with Gasteiger partial charge < -0.3 is 4.74 Å². The van der Waals surface area contributed by atoms with E-state index in [-0.39, 0.29) is 6.04 Å². The van der Waals surface area contributed by atoms with Crippen LogP contribution in [0.4, 0.5) is 0 Å². The lowest BCUT2D eigenvalue weighted by Crippen LogP contribution is -2.50. The van der Waals surface area contributed by atoms with Crippen LogP contribution in [0.25, 0.3) is 0 Å². The third-order valence-electron chi connectivity index (χ3n) is 4.64. The molecule has 1 unspecified atom stereocenters. The third kappa shape index (κ3) is 3.91. The number of hydrogen-bond acceptors (Lipinski definition) is 4. The van der Waals surface area contributed by atoms with Gasteiger partial charge in [0, 0.05) is 37.6 Å². The summed E-state index contributed by atoms with van der Waals surface area (Å²) in [5, 5.41) is 0. The van der Waals surface area contributed by atoms with Crippen molar-refractivity contribution in [3.8, 4) is 0 Å². The maximum atomic E-state index is 12.9. The van der Waals surface area contributed by atoms with E-state index in [4.69, 9.17) is 4.74 Å². The van der Waals surface area contributed by atoms with Crippen molar-refractivity contribution in [1.29, 1.82) is 0 Å². The van der Waals surface area contributed by atoms with Crippen molar-refractivity contribution in [2.45, 2.75) is 38.6 Å². The number of nitrogens with zero attached hydrogens (tertiary/aromatic N) is 3. The maximum absolute atomic E-state index is 12.9. The Bertz CT molecular complexity index is 629. The second-order valence-corrected chi connectivity index (χ2v) is 8.15. The minimum absolute atomic E-state index is 0.108. The molecule has 1 atom stereocenters. The first-order valence-corrected chi connectivity index (χ1v) is 9.73. The lowest BCUT2D eigenvalue weighted by atomic mass is 10.0. The largest absolute Gasteiger partial charge is 0.379 e. The van der Waals surface area contributed by atoms with Crippen molar-refractivity contribution in [2.75, 3.05) is 32.8 Å². The van der Waals surface area contributed by atoms with Crippen LogP contribution in [0.5, 0.6) is 0 Å². The Morgan fingerprint density at radius 1 is 1.30 bits per heavy atom. The van der Waals surface area contributed by atoms with Gasteiger partial charge in [0.25, 0.3) is 10.2 Å². The first kappa shape index (κ1) is 16.8. The van der Waals surface area contributed by atoms with Crippen LogP contribution in [-0.4, -0.2) is 60.9 Å². The molecule has 0 N–H and O–H groups in total. The van der Waals surface area contributed by atoms with Crippen LogP contribution in [0.3, 0.4) is 0 Å². The second-order valence-electron chi connectivity index (χ2n) is 6.27. The number of aromatic nitrogens is 1. The van der Waals surface area contributed by atoms with Gasteiger partial charge in [-0.05, 0) is 50.3 Å². The normalized spacial score (nSPS) is 24.1. The van der Waals surface area contributed by atoms with Crippen LogP contribution in [0.15, 0.2) is 18.3 Å². The van der Waals surface area contributed by atoms with Crippen LogP contribution in [0.1, 0.15) is 30.5 Å². The van der Waals surface area contributed by atoms with Crippen molar-refractivity contribution in [3.63, 3.8) is 0 Å². The molecule has 2 saturated heterocycles. The van der Waals surface area contributed by atoms with Gasteiger partial charge in [0.2, 0.25) is 0 Å². The SMILES string of the molecule is Cc1cc(CCC2CCCN2S(=O)(=O)N2CCOCC2)ccn1. The van der Waals surface area contributed by atoms with Gasteiger partial charge in [0.15, 0.2) is 0 Å². The van der Waals surface area contributed by atoms with Crippen molar-refractivity contribution in [2.24, 2.45) is 0 Å². The van der Waals surface area contributed by atoms with Crippen molar-refractivity contribution in [3.05, 3.63) is 29.6 Å². The van der Waals surface area contributed by atoms with Crippen LogP contribution in [-0.2, 0) is 21.4 Å². The van der Waals surface area contributed by atoms with Crippen molar-refractivity contribution >= 4 is 10.2 Å². The summed E-state index contributed by atoms with van der Waals surface area (Å²) in [5.41, 5.74) is 2.24. The Kier molecular flexibility index (Phi) is 5.31. The van der Waals surface area contributed by atoms with E-state index in [1.165, 1.54) is 5.56 Å². The zero-order chi connectivity index (χ0) is 16.3. The summed E-state index contributed by atoms with van der Waals surface area (Å²) in [6, 6.07) is 4.20. The van der Waals surface area contributed by atoms with E-state index < -0.39 is 10.2 Å². The Morgan fingerprint density at radius 2 is 2.09 bits per heavy atom. The van der Waals surface area contributed by atoms with Crippen LogP contribution in [0.2, 0.25) is 0 Å². The number of aryl methyl sites for hydroxylation is 2. The van der Waals surface area contributed by atoms with Gasteiger partial charge in [-0.2, -0.15) is 17.0 Å². The zero-order valence-electron chi connectivity index (χ0n) is 13.6. The highest BCUT2D eigenvalue weighted by molar-refractivity contribution is 7.86. The molecule has 0 radical (unpaired) electrons. The summed E-state index contributed by atoms with van der Waals surface area (Å²) >= 11 is 0. The Hall–Kier alpha value is -1.02. The topological polar surface area (TPSA) is 62.7 Å². The lowest BCUT2D eigenvalue weighted by Gasteiger charge is -2.33. The summed E-state index contributed by atoms with van der Waals surface area (Å²) in [7, 11) is -3.35. The van der Waals surface area contributed by atoms with Gasteiger partial charge >= 0.3 is 0 Å². The van der Waals surface area contributed by atoms with E-state index in [9.17, 15) is 8.42 Å². The summed E-state index contributed by atoms with van der Waals surface area (Å²) < 4.78 is 34.3. The molecule has 3 heterocycles. The molecule has 7 heteroatoms. The molecule has 0 aromatic carbocycles. The molecule has 6 nitrogen and oxygen atoms in total. The molecule has 1 aromatic rings. The molecule has 2 aliphatic heterocycles. The molecule has 2 fully saturated rings. The predicted octanol–water partition coefficient (Wildman–Crippen LogP) is 1.36. The molecular formula is C16H25N3O3S. The minimum atomic E-state index is -3.35. The fraction of sp³-hybridized carbons (Fsp3) is 0.688. The summed E-state index contributed by atoms with van der Waals surface area (Å²) in [5.74, 6) is 0. The highest BCUT2D eigenvalue weighted by atomic mass is 32.2. The molecule has 0 bridgehead atoms. The number of morpholine rings is 1. The summed E-state index contributed by atoms with van der Waals surface area (Å²) in [6.45, 7) is 4.54. The maximum Gasteiger partial charge on any atom is 0.282 e. The van der Waals surface area contributed by atoms with Gasteiger partial charge in [-0.3, -0.25) is 4.98 Å². The van der Waals surface area contributed by atoms with Gasteiger partial charge in [0.05, 0.1) is 13.2 Å². The van der Waals surface area contributed by atoms with E-state index in [0.717, 1.165) is 31.4 Å². The molecule has 0 saturated carbocycles. The van der Waals surface area contributed by atoms with E-state index >= 15 is 0 Å². The molecule has 2 aliphatic rings. The molecule has 3 rings (SSSR count). The quantitative estimate of drug-likeness (QED) is 0.813. The zero-order valence-corrected chi connectivity index (χ0v) is 14.5. The van der Waals surface area contributed by atoms with Gasteiger partial charge in [-0.15, -0.1) is 0 Å². The minimum Gasteiger partial charge on any atom is -0.379 e. The predicted molar refractivity (Wildman–Crippen MR) is 88.3 cm³/mol. The highest BCUT2D eigenvalue weighted by Crippen LogP contribution is 2.27. The smallest absolute Gasteiger partial charge is 0.282 e. The third-order valence-corrected chi connectivity index (χ3v) is 6.73. The average molecular weight is 339 g/mol. The Balaban J connectivity index is 1.65. The van der Waals surface area contributed by atoms with E-state index in [2.05, 4.69) is 11.1 Å². The average Bonchev–Trinajstić information content (AvgIpc) is 3.03. The molecular weight excluding hydrogens is 314 g/mol. The molecule has 23 heavy (non-hydrogen) atoms. The van der Waals surface area contributed by atoms with Gasteiger partial charge in [0.1, 0.15) is 0 Å². The number of ether oxygens (including phenoxy) is 1. The molecule has 128 valence electrons. The Labute approximate surface area is 138 Å². The fourth-order valence-electron chi connectivity index (χ4n) is 3.42. The molecule has 1 aromatic heterocycles. The molecule has 0 amide bonds. The molecule has 0 aliphatic carbocycles. The fourth-order valence-corrected chi connectivity index (χ4v) is 5.27. The van der Waals surface area contributed by atoms with E-state index in [1.807, 2.05) is 19.2 Å². The highest BCUT2D eigenvalue weighted by Gasteiger charge is 2.38. The van der Waals surface area contributed by atoms with Crippen LogP contribution < -0.4 is 0 Å². The first-order valence-electron chi connectivity index (χ1n) is 8.33. The van der Waals surface area contributed by atoms with Crippen LogP contribution >= 0.6 is 0 Å². The Morgan fingerprint density at radius 3 is 2.83 bits per heavy atom. The van der Waals surface area contributed by atoms with Crippen molar-refractivity contribution in [1.82, 2.24) is 13.6 Å². The number of hydrogen-bond donors (Lipinski definition) is 0. The van der Waals surface area contributed by atoms with Gasteiger partial charge in [-0.1, -0.05) is 0 Å². The van der Waals surface area contributed by atoms with Crippen LogP contribution in [0, 0.1) is 6.92 Å². The standard InChI is InChI=1S/C16H25N3O3S/c1-14-13-15(6-7-17-14)4-5-16-3-2-8-19(16)23(20,21)18-9-11-22-12-10-18/h6-7,13,16H,2-5,8-12H2,1H3. The number of pyridine rings is 1. The second kappa shape index (κ2) is 7.25. The molecule has 0 spiro atoms. The summed E-state index contributed by atoms with van der Waals surface area (Å²) in [6.07, 6.45) is 5.48.